The first-order chi connectivity index (χ1) is 12.3. The van der Waals surface area contributed by atoms with Gasteiger partial charge in [0.1, 0.15) is 5.60 Å². The minimum Gasteiger partial charge on any atom is -0.444 e. The van der Waals surface area contributed by atoms with Crippen LogP contribution in [0.25, 0.3) is 0 Å². The number of piperidine rings is 1. The van der Waals surface area contributed by atoms with Crippen molar-refractivity contribution < 1.29 is 9.53 Å². The average molecular weight is 364 g/mol. The fraction of sp³-hybridized carbons (Fsp3) is 0.895. The van der Waals surface area contributed by atoms with Gasteiger partial charge in [0.05, 0.1) is 7.05 Å². The number of aryl methyl sites for hydroxylation is 1. The van der Waals surface area contributed by atoms with Crippen LogP contribution in [0.1, 0.15) is 71.5 Å². The third-order valence-corrected chi connectivity index (χ3v) is 5.94. The molecular formula is C19H33N5O2. The lowest BCUT2D eigenvalue weighted by atomic mass is 9.62. The number of rotatable bonds is 3. The van der Waals surface area contributed by atoms with E-state index in [-0.39, 0.29) is 11.5 Å². The molecule has 2 aliphatic rings. The van der Waals surface area contributed by atoms with Crippen LogP contribution in [0.3, 0.4) is 0 Å². The van der Waals surface area contributed by atoms with Crippen LogP contribution in [-0.2, 0) is 18.2 Å². The van der Waals surface area contributed by atoms with Crippen molar-refractivity contribution in [3.63, 3.8) is 0 Å². The van der Waals surface area contributed by atoms with Crippen LogP contribution in [0.4, 0.5) is 4.79 Å². The van der Waals surface area contributed by atoms with Gasteiger partial charge < -0.3 is 9.64 Å². The summed E-state index contributed by atoms with van der Waals surface area (Å²) in [7, 11) is 1.81. The zero-order valence-corrected chi connectivity index (χ0v) is 16.7. The van der Waals surface area contributed by atoms with Crippen molar-refractivity contribution in [2.75, 3.05) is 13.1 Å². The number of aromatic nitrogens is 4. The highest BCUT2D eigenvalue weighted by atomic mass is 16.6. The first-order valence-electron chi connectivity index (χ1n) is 9.98. The van der Waals surface area contributed by atoms with E-state index in [2.05, 4.69) is 15.4 Å². The molecule has 0 unspecified atom stereocenters. The molecule has 146 valence electrons. The summed E-state index contributed by atoms with van der Waals surface area (Å²) in [5.74, 6) is 1.53. The Balaban J connectivity index is 1.70. The molecule has 1 aromatic heterocycles. The second kappa shape index (κ2) is 7.53. The Morgan fingerprint density at radius 2 is 1.85 bits per heavy atom. The fourth-order valence-corrected chi connectivity index (χ4v) is 4.61. The topological polar surface area (TPSA) is 73.1 Å². The smallest absolute Gasteiger partial charge is 0.410 e. The largest absolute Gasteiger partial charge is 0.444 e. The van der Waals surface area contributed by atoms with E-state index in [1.54, 1.807) is 4.80 Å². The van der Waals surface area contributed by atoms with Crippen LogP contribution in [0.2, 0.25) is 0 Å². The highest BCUT2D eigenvalue weighted by molar-refractivity contribution is 5.68. The summed E-state index contributed by atoms with van der Waals surface area (Å²) < 4.78 is 5.56. The van der Waals surface area contributed by atoms with E-state index in [4.69, 9.17) is 4.74 Å². The number of carbonyl (C=O) groups is 1. The van der Waals surface area contributed by atoms with Gasteiger partial charge in [0.15, 0.2) is 5.82 Å². The van der Waals surface area contributed by atoms with Crippen molar-refractivity contribution in [1.29, 1.82) is 0 Å². The van der Waals surface area contributed by atoms with Crippen LogP contribution in [0.15, 0.2) is 0 Å². The van der Waals surface area contributed by atoms with Crippen molar-refractivity contribution >= 4 is 6.09 Å². The Morgan fingerprint density at radius 1 is 1.19 bits per heavy atom. The number of likely N-dealkylation sites (tertiary alicyclic amines) is 1. The maximum atomic E-state index is 12.4. The molecular weight excluding hydrogens is 330 g/mol. The van der Waals surface area contributed by atoms with E-state index in [1.165, 1.54) is 32.1 Å². The second-order valence-electron chi connectivity index (χ2n) is 9.04. The molecule has 0 bridgehead atoms. The number of tetrazole rings is 1. The summed E-state index contributed by atoms with van der Waals surface area (Å²) in [6, 6.07) is 0. The number of hydrogen-bond donors (Lipinski definition) is 0. The van der Waals surface area contributed by atoms with Gasteiger partial charge in [0.25, 0.3) is 0 Å². The van der Waals surface area contributed by atoms with E-state index in [9.17, 15) is 4.79 Å². The zero-order chi connectivity index (χ0) is 18.8. The molecule has 2 heterocycles. The molecule has 1 aliphatic heterocycles. The fourth-order valence-electron chi connectivity index (χ4n) is 4.61. The van der Waals surface area contributed by atoms with Crippen LogP contribution in [0, 0.1) is 11.3 Å². The summed E-state index contributed by atoms with van der Waals surface area (Å²) in [6.45, 7) is 7.26. The third-order valence-electron chi connectivity index (χ3n) is 5.94. The summed E-state index contributed by atoms with van der Waals surface area (Å²) in [4.78, 5) is 15.8. The van der Waals surface area contributed by atoms with E-state index in [0.29, 0.717) is 5.92 Å². The lowest BCUT2D eigenvalue weighted by molar-refractivity contribution is -0.00657. The van der Waals surface area contributed by atoms with Crippen molar-refractivity contribution in [2.24, 2.45) is 18.4 Å². The van der Waals surface area contributed by atoms with Crippen LogP contribution in [0.5, 0.6) is 0 Å². The van der Waals surface area contributed by atoms with Gasteiger partial charge in [-0.3, -0.25) is 0 Å². The summed E-state index contributed by atoms with van der Waals surface area (Å²) in [5.41, 5.74) is -0.263. The molecule has 1 saturated carbocycles. The van der Waals surface area contributed by atoms with Crippen LogP contribution >= 0.6 is 0 Å². The van der Waals surface area contributed by atoms with Crippen LogP contribution in [-0.4, -0.2) is 49.9 Å². The average Bonchev–Trinajstić information content (AvgIpc) is 2.99. The van der Waals surface area contributed by atoms with E-state index in [1.807, 2.05) is 32.7 Å². The predicted octanol–water partition coefficient (Wildman–Crippen LogP) is 3.35. The monoisotopic (exact) mass is 363 g/mol. The Kier molecular flexibility index (Phi) is 5.53. The molecule has 1 aromatic rings. The molecule has 0 spiro atoms. The normalized spacial score (nSPS) is 21.6. The quantitative estimate of drug-likeness (QED) is 0.823. The van der Waals surface area contributed by atoms with Crippen molar-refractivity contribution in [1.82, 2.24) is 25.1 Å². The third kappa shape index (κ3) is 4.54. The zero-order valence-electron chi connectivity index (χ0n) is 16.7. The Hall–Kier alpha value is -1.66. The standard InChI is InChI=1S/C19H33N5O2/c1-18(2,3)26-17(25)24-12-10-19(11-13-24,15-8-6-5-7-9-15)14-16-20-22-23(4)21-16/h15H,5-14H2,1-4H3. The molecule has 0 aromatic carbocycles. The van der Waals surface area contributed by atoms with Gasteiger partial charge in [-0.05, 0) is 63.0 Å². The lowest BCUT2D eigenvalue weighted by Crippen LogP contribution is -2.49. The van der Waals surface area contributed by atoms with Crippen LogP contribution < -0.4 is 0 Å². The lowest BCUT2D eigenvalue weighted by Gasteiger charge is -2.47. The van der Waals surface area contributed by atoms with E-state index >= 15 is 0 Å². The molecule has 1 saturated heterocycles. The first kappa shape index (κ1) is 19.1. The minimum atomic E-state index is -0.446. The van der Waals surface area contributed by atoms with E-state index in [0.717, 1.165) is 38.2 Å². The highest BCUT2D eigenvalue weighted by Crippen LogP contribution is 2.47. The van der Waals surface area contributed by atoms with Crippen molar-refractivity contribution in [3.8, 4) is 0 Å². The summed E-state index contributed by atoms with van der Waals surface area (Å²) in [6.07, 6.45) is 9.22. The first-order valence-corrected chi connectivity index (χ1v) is 9.98. The van der Waals surface area contributed by atoms with Gasteiger partial charge in [-0.25, -0.2) is 4.79 Å². The Bertz CT molecular complexity index is 608. The van der Waals surface area contributed by atoms with Gasteiger partial charge in [-0.2, -0.15) is 4.80 Å². The van der Waals surface area contributed by atoms with Gasteiger partial charge in [0, 0.05) is 19.5 Å². The molecule has 0 radical (unpaired) electrons. The molecule has 1 aliphatic carbocycles. The number of carbonyl (C=O) groups excluding carboxylic acids is 1. The highest BCUT2D eigenvalue weighted by Gasteiger charge is 2.44. The molecule has 26 heavy (non-hydrogen) atoms. The van der Waals surface area contributed by atoms with Crippen molar-refractivity contribution in [3.05, 3.63) is 5.82 Å². The number of hydrogen-bond acceptors (Lipinski definition) is 5. The molecule has 1 amide bonds. The molecule has 3 rings (SSSR count). The number of nitrogens with zero attached hydrogens (tertiary/aromatic N) is 5. The molecule has 7 heteroatoms. The number of ether oxygens (including phenoxy) is 1. The van der Waals surface area contributed by atoms with Crippen molar-refractivity contribution in [2.45, 2.75) is 77.7 Å². The van der Waals surface area contributed by atoms with Gasteiger partial charge in [0.2, 0.25) is 0 Å². The van der Waals surface area contributed by atoms with E-state index < -0.39 is 5.60 Å². The Morgan fingerprint density at radius 3 is 2.38 bits per heavy atom. The second-order valence-corrected chi connectivity index (χ2v) is 9.04. The SMILES string of the molecule is Cn1nnc(CC2(C3CCCCC3)CCN(C(=O)OC(C)(C)C)CC2)n1. The maximum absolute atomic E-state index is 12.4. The molecule has 0 N–H and O–H groups in total. The summed E-state index contributed by atoms with van der Waals surface area (Å²) >= 11 is 0. The minimum absolute atomic E-state index is 0.183. The molecule has 2 fully saturated rings. The molecule has 0 atom stereocenters. The predicted molar refractivity (Wildman–Crippen MR) is 98.6 cm³/mol. The van der Waals surface area contributed by atoms with Gasteiger partial charge in [-0.1, -0.05) is 19.3 Å². The van der Waals surface area contributed by atoms with Gasteiger partial charge >= 0.3 is 6.09 Å². The summed E-state index contributed by atoms with van der Waals surface area (Å²) in [5, 5.41) is 12.7. The Labute approximate surface area is 156 Å². The van der Waals surface area contributed by atoms with Gasteiger partial charge in [-0.15, -0.1) is 10.2 Å². The molecule has 7 nitrogen and oxygen atoms in total. The maximum Gasteiger partial charge on any atom is 0.410 e. The number of amides is 1.